The second-order valence-electron chi connectivity index (χ2n) is 7.09. The van der Waals surface area contributed by atoms with Crippen molar-refractivity contribution in [2.24, 2.45) is 0 Å². The summed E-state index contributed by atoms with van der Waals surface area (Å²) in [6.45, 7) is 0.0412. The fourth-order valence-corrected chi connectivity index (χ4v) is 4.13. The number of nitrogens with zero attached hydrogens (tertiary/aromatic N) is 4. The first-order valence-electron chi connectivity index (χ1n) is 10.0. The van der Waals surface area contributed by atoms with Gasteiger partial charge in [0.05, 0.1) is 40.7 Å². The van der Waals surface area contributed by atoms with Crippen LogP contribution < -0.4 is 0 Å². The van der Waals surface area contributed by atoms with E-state index in [-0.39, 0.29) is 11.5 Å². The zero-order valence-corrected chi connectivity index (χ0v) is 17.9. The third kappa shape index (κ3) is 5.09. The standard InChI is InChI=1S/C24H20N4O3S/c25-17-19-6-4-10-23(16-19)28-18-22(26-27-28)9-5-15-31-32(29,30)24-13-11-21(12-14-24)20-7-2-1-3-8-20/h1-4,6-8,10-14,16,18H,5,9,15H2. The number of hydrogen-bond donors (Lipinski definition) is 0. The third-order valence-electron chi connectivity index (χ3n) is 4.85. The molecule has 0 bridgehead atoms. The van der Waals surface area contributed by atoms with Gasteiger partial charge in [0.15, 0.2) is 0 Å². The molecule has 0 aliphatic heterocycles. The predicted molar refractivity (Wildman–Crippen MR) is 119 cm³/mol. The van der Waals surface area contributed by atoms with Gasteiger partial charge in [-0.3, -0.25) is 4.18 Å². The molecule has 0 saturated heterocycles. The smallest absolute Gasteiger partial charge is 0.266 e. The average Bonchev–Trinajstić information content (AvgIpc) is 3.32. The lowest BCUT2D eigenvalue weighted by atomic mass is 10.1. The Morgan fingerprint density at radius 2 is 1.69 bits per heavy atom. The van der Waals surface area contributed by atoms with Gasteiger partial charge < -0.3 is 0 Å². The van der Waals surface area contributed by atoms with Crippen LogP contribution in [0.4, 0.5) is 0 Å². The lowest BCUT2D eigenvalue weighted by molar-refractivity contribution is 0.312. The number of rotatable bonds is 8. The summed E-state index contributed by atoms with van der Waals surface area (Å²) in [6.07, 6.45) is 2.74. The normalized spacial score (nSPS) is 11.2. The Balaban J connectivity index is 1.31. The van der Waals surface area contributed by atoms with Crippen LogP contribution in [0.15, 0.2) is 90.0 Å². The van der Waals surface area contributed by atoms with Gasteiger partial charge in [-0.1, -0.05) is 53.7 Å². The van der Waals surface area contributed by atoms with Crippen molar-refractivity contribution in [2.45, 2.75) is 17.7 Å². The van der Waals surface area contributed by atoms with E-state index in [2.05, 4.69) is 16.4 Å². The van der Waals surface area contributed by atoms with Crippen LogP contribution in [0.1, 0.15) is 17.7 Å². The molecule has 4 rings (SSSR count). The molecule has 0 aliphatic carbocycles. The molecule has 0 amide bonds. The monoisotopic (exact) mass is 444 g/mol. The van der Waals surface area contributed by atoms with E-state index in [0.717, 1.165) is 16.8 Å². The molecule has 0 saturated carbocycles. The molecule has 0 unspecified atom stereocenters. The molecule has 0 atom stereocenters. The minimum Gasteiger partial charge on any atom is -0.266 e. The van der Waals surface area contributed by atoms with Crippen molar-refractivity contribution in [3.05, 3.63) is 96.3 Å². The third-order valence-corrected chi connectivity index (χ3v) is 6.17. The van der Waals surface area contributed by atoms with Gasteiger partial charge in [-0.2, -0.15) is 13.7 Å². The van der Waals surface area contributed by atoms with E-state index in [0.29, 0.717) is 24.1 Å². The summed E-state index contributed by atoms with van der Waals surface area (Å²) in [4.78, 5) is 0.125. The molecule has 0 spiro atoms. The molecule has 0 fully saturated rings. The van der Waals surface area contributed by atoms with Crippen molar-refractivity contribution in [3.8, 4) is 22.9 Å². The first-order valence-corrected chi connectivity index (χ1v) is 11.4. The number of nitriles is 1. The van der Waals surface area contributed by atoms with Gasteiger partial charge in [0, 0.05) is 0 Å². The molecule has 32 heavy (non-hydrogen) atoms. The van der Waals surface area contributed by atoms with E-state index in [1.165, 1.54) is 0 Å². The average molecular weight is 445 g/mol. The molecular formula is C24H20N4O3S. The predicted octanol–water partition coefficient (Wildman–Crippen LogP) is 4.14. The van der Waals surface area contributed by atoms with Crippen molar-refractivity contribution in [3.63, 3.8) is 0 Å². The van der Waals surface area contributed by atoms with Crippen LogP contribution in [0.2, 0.25) is 0 Å². The van der Waals surface area contributed by atoms with E-state index >= 15 is 0 Å². The van der Waals surface area contributed by atoms with E-state index in [1.807, 2.05) is 36.4 Å². The number of hydrogen-bond acceptors (Lipinski definition) is 6. The van der Waals surface area contributed by atoms with E-state index in [9.17, 15) is 8.42 Å². The van der Waals surface area contributed by atoms with Crippen molar-refractivity contribution in [2.75, 3.05) is 6.61 Å². The quantitative estimate of drug-likeness (QED) is 0.299. The zero-order chi connectivity index (χ0) is 22.4. The molecule has 8 heteroatoms. The van der Waals surface area contributed by atoms with Crippen molar-refractivity contribution < 1.29 is 12.6 Å². The van der Waals surface area contributed by atoms with Crippen LogP contribution in [0, 0.1) is 11.3 Å². The highest BCUT2D eigenvalue weighted by Gasteiger charge is 2.15. The number of benzene rings is 3. The van der Waals surface area contributed by atoms with Crippen molar-refractivity contribution in [1.29, 1.82) is 5.26 Å². The Morgan fingerprint density at radius 1 is 0.938 bits per heavy atom. The maximum Gasteiger partial charge on any atom is 0.296 e. The second kappa shape index (κ2) is 9.56. The van der Waals surface area contributed by atoms with Crippen LogP contribution in [0.5, 0.6) is 0 Å². The largest absolute Gasteiger partial charge is 0.296 e. The van der Waals surface area contributed by atoms with Gasteiger partial charge in [-0.15, -0.1) is 5.10 Å². The highest BCUT2D eigenvalue weighted by atomic mass is 32.2. The Kier molecular flexibility index (Phi) is 6.40. The lowest BCUT2D eigenvalue weighted by Crippen LogP contribution is -2.08. The Morgan fingerprint density at radius 3 is 2.44 bits per heavy atom. The minimum atomic E-state index is -3.83. The van der Waals surface area contributed by atoms with Crippen LogP contribution in [0.3, 0.4) is 0 Å². The number of aromatic nitrogens is 3. The molecule has 7 nitrogen and oxygen atoms in total. The molecule has 0 N–H and O–H groups in total. The van der Waals surface area contributed by atoms with Gasteiger partial charge in [-0.25, -0.2) is 4.68 Å². The molecule has 160 valence electrons. The fraction of sp³-hybridized carbons (Fsp3) is 0.125. The van der Waals surface area contributed by atoms with Crippen LogP contribution >= 0.6 is 0 Å². The Hall–Kier alpha value is -3.80. The van der Waals surface area contributed by atoms with E-state index in [1.54, 1.807) is 53.3 Å². The summed E-state index contributed by atoms with van der Waals surface area (Å²) < 4.78 is 31.7. The summed E-state index contributed by atoms with van der Waals surface area (Å²) >= 11 is 0. The second-order valence-corrected chi connectivity index (χ2v) is 8.70. The summed E-state index contributed by atoms with van der Waals surface area (Å²) in [5, 5.41) is 17.2. The maximum absolute atomic E-state index is 12.5. The summed E-state index contributed by atoms with van der Waals surface area (Å²) in [5.41, 5.74) is 3.94. The molecular weight excluding hydrogens is 424 g/mol. The first-order chi connectivity index (χ1) is 15.5. The van der Waals surface area contributed by atoms with Gasteiger partial charge in [-0.05, 0) is 54.3 Å². The van der Waals surface area contributed by atoms with Crippen molar-refractivity contribution in [1.82, 2.24) is 15.0 Å². The van der Waals surface area contributed by atoms with E-state index < -0.39 is 10.1 Å². The Labute approximate surface area is 186 Å². The van der Waals surface area contributed by atoms with E-state index in [4.69, 9.17) is 9.44 Å². The van der Waals surface area contributed by atoms with Crippen LogP contribution in [-0.2, 0) is 20.7 Å². The van der Waals surface area contributed by atoms with Crippen LogP contribution in [-0.4, -0.2) is 30.0 Å². The SMILES string of the molecule is N#Cc1cccc(-n2cc(CCCOS(=O)(=O)c3ccc(-c4ccccc4)cc3)nn2)c1. The first kappa shape index (κ1) is 21.4. The topological polar surface area (TPSA) is 97.9 Å². The Bertz CT molecular complexity index is 1340. The molecule has 0 radical (unpaired) electrons. The lowest BCUT2D eigenvalue weighted by Gasteiger charge is -2.07. The molecule has 3 aromatic carbocycles. The minimum absolute atomic E-state index is 0.0412. The summed E-state index contributed by atoms with van der Waals surface area (Å²) in [5.74, 6) is 0. The molecule has 4 aromatic rings. The highest BCUT2D eigenvalue weighted by Crippen LogP contribution is 2.22. The number of aryl methyl sites for hydroxylation is 1. The molecule has 0 aliphatic rings. The fourth-order valence-electron chi connectivity index (χ4n) is 3.19. The van der Waals surface area contributed by atoms with Crippen molar-refractivity contribution >= 4 is 10.1 Å². The zero-order valence-electron chi connectivity index (χ0n) is 17.1. The molecule has 1 heterocycles. The molecule has 1 aromatic heterocycles. The van der Waals surface area contributed by atoms with Gasteiger partial charge in [0.25, 0.3) is 10.1 Å². The summed E-state index contributed by atoms with van der Waals surface area (Å²) in [7, 11) is -3.83. The van der Waals surface area contributed by atoms with Gasteiger partial charge >= 0.3 is 0 Å². The van der Waals surface area contributed by atoms with Crippen LogP contribution in [0.25, 0.3) is 16.8 Å². The highest BCUT2D eigenvalue weighted by molar-refractivity contribution is 7.86. The van der Waals surface area contributed by atoms with Gasteiger partial charge in [0.1, 0.15) is 0 Å². The summed E-state index contributed by atoms with van der Waals surface area (Å²) in [6, 6.07) is 25.5. The van der Waals surface area contributed by atoms with Gasteiger partial charge in [0.2, 0.25) is 0 Å². The maximum atomic E-state index is 12.5.